The van der Waals surface area contributed by atoms with Crippen molar-refractivity contribution in [1.29, 1.82) is 0 Å². The fraction of sp³-hybridized carbons (Fsp3) is 0.333. The first-order valence-corrected chi connectivity index (χ1v) is 4.76. The molecule has 0 radical (unpaired) electrons. The van der Waals surface area contributed by atoms with Gasteiger partial charge in [0.05, 0.1) is 4.47 Å². The third-order valence-electron chi connectivity index (χ3n) is 2.23. The minimum absolute atomic E-state index is 0.333. The van der Waals surface area contributed by atoms with Crippen molar-refractivity contribution in [2.45, 2.75) is 5.92 Å². The van der Waals surface area contributed by atoms with Crippen LogP contribution in [0.25, 0.3) is 0 Å². The number of benzene rings is 1. The van der Waals surface area contributed by atoms with Crippen LogP contribution in [-0.2, 0) is 0 Å². The van der Waals surface area contributed by atoms with Crippen LogP contribution in [0.1, 0.15) is 11.5 Å². The summed E-state index contributed by atoms with van der Waals surface area (Å²) in [6, 6.07) is 5.63. The van der Waals surface area contributed by atoms with Crippen molar-refractivity contribution in [1.82, 2.24) is 5.32 Å². The van der Waals surface area contributed by atoms with Crippen molar-refractivity contribution in [3.8, 4) is 5.75 Å². The molecule has 0 bridgehead atoms. The summed E-state index contributed by atoms with van der Waals surface area (Å²) in [7, 11) is 0. The Bertz CT molecular complexity index is 297. The van der Waals surface area contributed by atoms with E-state index >= 15 is 0 Å². The Kier molecular flexibility index (Phi) is 2.07. The summed E-state index contributed by atoms with van der Waals surface area (Å²) in [6.07, 6.45) is 0. The van der Waals surface area contributed by atoms with E-state index in [2.05, 4.69) is 27.3 Å². The Labute approximate surface area is 79.7 Å². The summed E-state index contributed by atoms with van der Waals surface area (Å²) in [5.41, 5.74) is 1.20. The summed E-state index contributed by atoms with van der Waals surface area (Å²) < 4.78 is 0.844. The number of rotatable bonds is 1. The predicted octanol–water partition coefficient (Wildman–Crippen LogP) is 1.84. The molecule has 0 saturated carbocycles. The number of hydrogen-bond acceptors (Lipinski definition) is 2. The van der Waals surface area contributed by atoms with Crippen LogP contribution in [0, 0.1) is 0 Å². The van der Waals surface area contributed by atoms with Crippen LogP contribution in [0.15, 0.2) is 22.7 Å². The molecule has 64 valence electrons. The Balaban J connectivity index is 2.36. The molecular formula is C9H10BrNO. The second kappa shape index (κ2) is 3.07. The van der Waals surface area contributed by atoms with Crippen LogP contribution < -0.4 is 5.32 Å². The Hall–Kier alpha value is -0.540. The van der Waals surface area contributed by atoms with Gasteiger partial charge in [0.1, 0.15) is 5.75 Å². The zero-order chi connectivity index (χ0) is 8.55. The highest BCUT2D eigenvalue weighted by Crippen LogP contribution is 2.33. The van der Waals surface area contributed by atoms with E-state index in [1.165, 1.54) is 5.56 Å². The predicted molar refractivity (Wildman–Crippen MR) is 51.4 cm³/mol. The summed E-state index contributed by atoms with van der Waals surface area (Å²) in [5, 5.41) is 12.6. The molecule has 2 nitrogen and oxygen atoms in total. The Morgan fingerprint density at radius 1 is 1.42 bits per heavy atom. The average molecular weight is 228 g/mol. The maximum atomic E-state index is 9.40. The standard InChI is InChI=1S/C9H10BrNO/c10-9-7(6-4-11-5-6)2-1-3-8(9)12/h1-3,6,11-12H,4-5H2. The molecule has 1 heterocycles. The molecule has 2 N–H and O–H groups in total. The molecule has 1 aliphatic rings. The second-order valence-corrected chi connectivity index (χ2v) is 3.83. The minimum Gasteiger partial charge on any atom is -0.507 e. The number of halogens is 1. The molecule has 1 aromatic rings. The molecule has 0 unspecified atom stereocenters. The highest BCUT2D eigenvalue weighted by atomic mass is 79.9. The van der Waals surface area contributed by atoms with Crippen LogP contribution >= 0.6 is 15.9 Å². The average Bonchev–Trinajstić information content (AvgIpc) is 1.95. The van der Waals surface area contributed by atoms with Gasteiger partial charge >= 0.3 is 0 Å². The highest BCUT2D eigenvalue weighted by molar-refractivity contribution is 9.10. The van der Waals surface area contributed by atoms with Crippen LogP contribution in [0.3, 0.4) is 0 Å². The highest BCUT2D eigenvalue weighted by Gasteiger charge is 2.21. The molecule has 1 fully saturated rings. The molecule has 2 rings (SSSR count). The summed E-state index contributed by atoms with van der Waals surface area (Å²) >= 11 is 3.38. The fourth-order valence-electron chi connectivity index (χ4n) is 1.36. The van der Waals surface area contributed by atoms with Gasteiger partial charge in [-0.3, -0.25) is 0 Å². The van der Waals surface area contributed by atoms with Gasteiger partial charge in [-0.05, 0) is 27.6 Å². The van der Waals surface area contributed by atoms with Crippen LogP contribution in [0.4, 0.5) is 0 Å². The van der Waals surface area contributed by atoms with Gasteiger partial charge in [0.2, 0.25) is 0 Å². The summed E-state index contributed by atoms with van der Waals surface area (Å²) in [5.74, 6) is 0.894. The van der Waals surface area contributed by atoms with Gasteiger partial charge in [0.15, 0.2) is 0 Å². The van der Waals surface area contributed by atoms with Gasteiger partial charge in [0.25, 0.3) is 0 Å². The molecule has 0 aliphatic carbocycles. The molecule has 0 aromatic heterocycles. The third kappa shape index (κ3) is 1.23. The van der Waals surface area contributed by atoms with E-state index in [1.54, 1.807) is 6.07 Å². The first-order chi connectivity index (χ1) is 5.79. The van der Waals surface area contributed by atoms with Gasteiger partial charge in [-0.2, -0.15) is 0 Å². The summed E-state index contributed by atoms with van der Waals surface area (Å²) in [6.45, 7) is 2.03. The van der Waals surface area contributed by atoms with Gasteiger partial charge in [0, 0.05) is 19.0 Å². The third-order valence-corrected chi connectivity index (χ3v) is 3.09. The monoisotopic (exact) mass is 227 g/mol. The molecule has 3 heteroatoms. The van der Waals surface area contributed by atoms with Crippen molar-refractivity contribution >= 4 is 15.9 Å². The van der Waals surface area contributed by atoms with Gasteiger partial charge in [-0.25, -0.2) is 0 Å². The summed E-state index contributed by atoms with van der Waals surface area (Å²) in [4.78, 5) is 0. The van der Waals surface area contributed by atoms with Crippen LogP contribution in [0.2, 0.25) is 0 Å². The van der Waals surface area contributed by atoms with E-state index in [4.69, 9.17) is 0 Å². The lowest BCUT2D eigenvalue weighted by Crippen LogP contribution is -2.40. The topological polar surface area (TPSA) is 32.3 Å². The van der Waals surface area contributed by atoms with Crippen molar-refractivity contribution in [2.24, 2.45) is 0 Å². The normalized spacial score (nSPS) is 17.4. The number of hydrogen-bond donors (Lipinski definition) is 2. The zero-order valence-corrected chi connectivity index (χ0v) is 8.13. The molecule has 1 saturated heterocycles. The smallest absolute Gasteiger partial charge is 0.130 e. The van der Waals surface area contributed by atoms with Crippen LogP contribution in [0.5, 0.6) is 5.75 Å². The molecule has 12 heavy (non-hydrogen) atoms. The molecular weight excluding hydrogens is 218 g/mol. The number of phenolic OH excluding ortho intramolecular Hbond substituents is 1. The number of aromatic hydroxyl groups is 1. The molecule has 1 aliphatic heterocycles. The van der Waals surface area contributed by atoms with Gasteiger partial charge in [-0.15, -0.1) is 0 Å². The quantitative estimate of drug-likeness (QED) is 0.768. The Morgan fingerprint density at radius 2 is 2.17 bits per heavy atom. The lowest BCUT2D eigenvalue weighted by atomic mass is 9.94. The van der Waals surface area contributed by atoms with E-state index in [9.17, 15) is 5.11 Å². The van der Waals surface area contributed by atoms with Crippen molar-refractivity contribution in [3.05, 3.63) is 28.2 Å². The van der Waals surface area contributed by atoms with E-state index in [-0.39, 0.29) is 0 Å². The van der Waals surface area contributed by atoms with E-state index in [0.717, 1.165) is 17.6 Å². The van der Waals surface area contributed by atoms with E-state index in [1.807, 2.05) is 6.07 Å². The number of nitrogens with one attached hydrogen (secondary N) is 1. The van der Waals surface area contributed by atoms with Gasteiger partial charge < -0.3 is 10.4 Å². The second-order valence-electron chi connectivity index (χ2n) is 3.04. The lowest BCUT2D eigenvalue weighted by molar-refractivity contribution is 0.438. The van der Waals surface area contributed by atoms with E-state index < -0.39 is 0 Å². The Morgan fingerprint density at radius 3 is 2.75 bits per heavy atom. The number of phenols is 1. The maximum absolute atomic E-state index is 9.40. The van der Waals surface area contributed by atoms with Crippen molar-refractivity contribution < 1.29 is 5.11 Å². The largest absolute Gasteiger partial charge is 0.507 e. The maximum Gasteiger partial charge on any atom is 0.130 e. The SMILES string of the molecule is Oc1cccc(C2CNC2)c1Br. The van der Waals surface area contributed by atoms with E-state index in [0.29, 0.717) is 11.7 Å². The van der Waals surface area contributed by atoms with Crippen molar-refractivity contribution in [2.75, 3.05) is 13.1 Å². The molecule has 1 aromatic carbocycles. The van der Waals surface area contributed by atoms with Crippen LogP contribution in [-0.4, -0.2) is 18.2 Å². The first-order valence-electron chi connectivity index (χ1n) is 3.97. The van der Waals surface area contributed by atoms with Gasteiger partial charge in [-0.1, -0.05) is 12.1 Å². The first kappa shape index (κ1) is 8.08. The van der Waals surface area contributed by atoms with Crippen molar-refractivity contribution in [3.63, 3.8) is 0 Å². The lowest BCUT2D eigenvalue weighted by Gasteiger charge is -2.28. The molecule has 0 atom stereocenters. The molecule has 0 amide bonds. The minimum atomic E-state index is 0.333. The fourth-order valence-corrected chi connectivity index (χ4v) is 1.95. The molecule has 0 spiro atoms. The zero-order valence-electron chi connectivity index (χ0n) is 6.55.